The Labute approximate surface area is 162 Å². The summed E-state index contributed by atoms with van der Waals surface area (Å²) < 4.78 is 0. The summed E-state index contributed by atoms with van der Waals surface area (Å²) in [4.78, 5) is 15.2. The van der Waals surface area contributed by atoms with E-state index in [-0.39, 0.29) is 22.8 Å². The van der Waals surface area contributed by atoms with Crippen LogP contribution in [0.25, 0.3) is 0 Å². The van der Waals surface area contributed by atoms with E-state index in [9.17, 15) is 20.1 Å². The molecule has 3 aromatic rings. The van der Waals surface area contributed by atoms with Crippen molar-refractivity contribution in [1.82, 2.24) is 4.98 Å². The van der Waals surface area contributed by atoms with E-state index in [1.807, 2.05) is 0 Å². The Balaban J connectivity index is 1.61. The second kappa shape index (κ2) is 8.43. The molecule has 0 fully saturated rings. The topological polar surface area (TPSA) is 111 Å². The molecule has 0 spiro atoms. The molecule has 1 aromatic heterocycles. The van der Waals surface area contributed by atoms with E-state index in [1.54, 1.807) is 30.6 Å². The summed E-state index contributed by atoms with van der Waals surface area (Å²) in [6, 6.07) is 11.2. The molecular weight excluding hydrogens is 358 g/mol. The average molecular weight is 379 g/mol. The number of aryl methyl sites for hydroxylation is 4. The van der Waals surface area contributed by atoms with Gasteiger partial charge in [0.05, 0.1) is 0 Å². The molecule has 144 valence electrons. The number of aromatic hydroxyl groups is 3. The van der Waals surface area contributed by atoms with Crippen molar-refractivity contribution >= 4 is 5.97 Å². The van der Waals surface area contributed by atoms with Crippen molar-refractivity contribution < 1.29 is 25.2 Å². The third-order valence-corrected chi connectivity index (χ3v) is 4.51. The Morgan fingerprint density at radius 2 is 1.29 bits per heavy atom. The Kier molecular flexibility index (Phi) is 5.79. The highest BCUT2D eigenvalue weighted by Gasteiger charge is 2.10. The maximum atomic E-state index is 11.0. The quantitative estimate of drug-likeness (QED) is 0.500. The van der Waals surface area contributed by atoms with E-state index in [4.69, 9.17) is 5.11 Å². The summed E-state index contributed by atoms with van der Waals surface area (Å²) in [7, 11) is 0. The van der Waals surface area contributed by atoms with Gasteiger partial charge >= 0.3 is 5.97 Å². The largest absolute Gasteiger partial charge is 0.508 e. The third-order valence-electron chi connectivity index (χ3n) is 4.51. The van der Waals surface area contributed by atoms with Crippen LogP contribution in [0.4, 0.5) is 0 Å². The molecule has 3 rings (SSSR count). The molecule has 0 amide bonds. The van der Waals surface area contributed by atoms with Gasteiger partial charge in [-0.25, -0.2) is 4.79 Å². The SMILES string of the molecule is O=C(O)c1ccc(CCc2cncc(CCc3cc(O)cc(O)c3)c2)cc1O. The van der Waals surface area contributed by atoms with Gasteiger partial charge in [0.15, 0.2) is 0 Å². The van der Waals surface area contributed by atoms with Crippen LogP contribution < -0.4 is 0 Å². The van der Waals surface area contributed by atoms with Gasteiger partial charge in [0, 0.05) is 18.5 Å². The molecule has 0 unspecified atom stereocenters. The van der Waals surface area contributed by atoms with Gasteiger partial charge in [-0.2, -0.15) is 0 Å². The molecule has 2 aromatic carbocycles. The first-order chi connectivity index (χ1) is 13.4. The van der Waals surface area contributed by atoms with Crippen LogP contribution in [-0.2, 0) is 25.7 Å². The van der Waals surface area contributed by atoms with Crippen molar-refractivity contribution in [3.05, 3.63) is 82.7 Å². The molecule has 0 aliphatic rings. The van der Waals surface area contributed by atoms with Gasteiger partial charge in [0.2, 0.25) is 0 Å². The van der Waals surface area contributed by atoms with Crippen LogP contribution in [0.3, 0.4) is 0 Å². The van der Waals surface area contributed by atoms with Crippen LogP contribution in [0.5, 0.6) is 17.2 Å². The van der Waals surface area contributed by atoms with Crippen LogP contribution >= 0.6 is 0 Å². The molecule has 0 bridgehead atoms. The summed E-state index contributed by atoms with van der Waals surface area (Å²) in [5.74, 6) is -1.30. The summed E-state index contributed by atoms with van der Waals surface area (Å²) in [6.07, 6.45) is 6.32. The number of phenolic OH excluding ortho intramolecular Hbond substituents is 2. The zero-order valence-corrected chi connectivity index (χ0v) is 15.2. The molecule has 0 saturated heterocycles. The van der Waals surface area contributed by atoms with Crippen molar-refractivity contribution in [1.29, 1.82) is 0 Å². The summed E-state index contributed by atoms with van der Waals surface area (Å²) >= 11 is 0. The normalized spacial score (nSPS) is 10.7. The predicted octanol–water partition coefficient (Wildman–Crippen LogP) is 3.47. The number of rotatable bonds is 7. The maximum absolute atomic E-state index is 11.0. The van der Waals surface area contributed by atoms with E-state index in [0.29, 0.717) is 19.3 Å². The van der Waals surface area contributed by atoms with Crippen molar-refractivity contribution in [2.24, 2.45) is 0 Å². The fourth-order valence-corrected chi connectivity index (χ4v) is 3.11. The van der Waals surface area contributed by atoms with Crippen molar-refractivity contribution in [3.63, 3.8) is 0 Å². The highest BCUT2D eigenvalue weighted by atomic mass is 16.4. The maximum Gasteiger partial charge on any atom is 0.339 e. The Morgan fingerprint density at radius 1 is 0.714 bits per heavy atom. The van der Waals surface area contributed by atoms with E-state index in [1.165, 1.54) is 18.2 Å². The van der Waals surface area contributed by atoms with Gasteiger partial charge in [-0.05, 0) is 72.2 Å². The van der Waals surface area contributed by atoms with Gasteiger partial charge in [-0.3, -0.25) is 4.98 Å². The minimum absolute atomic E-state index is 0.0408. The smallest absolute Gasteiger partial charge is 0.339 e. The zero-order chi connectivity index (χ0) is 20.1. The number of pyridine rings is 1. The number of phenols is 3. The number of aromatic carboxylic acids is 1. The van der Waals surface area contributed by atoms with Gasteiger partial charge < -0.3 is 20.4 Å². The summed E-state index contributed by atoms with van der Waals surface area (Å²) in [5, 5.41) is 37.9. The molecule has 0 aliphatic carbocycles. The van der Waals surface area contributed by atoms with Crippen molar-refractivity contribution in [2.75, 3.05) is 0 Å². The van der Waals surface area contributed by atoms with Crippen LogP contribution in [-0.4, -0.2) is 31.4 Å². The summed E-state index contributed by atoms with van der Waals surface area (Å²) in [6.45, 7) is 0. The molecular formula is C22H21NO5. The van der Waals surface area contributed by atoms with E-state index in [2.05, 4.69) is 11.1 Å². The van der Waals surface area contributed by atoms with Crippen molar-refractivity contribution in [2.45, 2.75) is 25.7 Å². The minimum Gasteiger partial charge on any atom is -0.508 e. The first-order valence-corrected chi connectivity index (χ1v) is 8.90. The molecule has 6 heteroatoms. The fourth-order valence-electron chi connectivity index (χ4n) is 3.11. The lowest BCUT2D eigenvalue weighted by Crippen LogP contribution is -1.99. The number of aromatic nitrogens is 1. The van der Waals surface area contributed by atoms with Crippen LogP contribution in [0, 0.1) is 0 Å². The lowest BCUT2D eigenvalue weighted by atomic mass is 10.0. The number of carbonyl (C=O) groups is 1. The second-order valence-corrected chi connectivity index (χ2v) is 6.72. The molecule has 6 nitrogen and oxygen atoms in total. The van der Waals surface area contributed by atoms with Crippen LogP contribution in [0.1, 0.15) is 32.6 Å². The third kappa shape index (κ3) is 5.01. The molecule has 0 aliphatic heterocycles. The number of nitrogens with zero attached hydrogens (tertiary/aromatic N) is 1. The number of carboxylic acids is 1. The number of carboxylic acid groups (broad SMARTS) is 1. The van der Waals surface area contributed by atoms with Gasteiger partial charge in [-0.15, -0.1) is 0 Å². The Hall–Kier alpha value is -3.54. The predicted molar refractivity (Wildman–Crippen MR) is 104 cm³/mol. The zero-order valence-electron chi connectivity index (χ0n) is 15.2. The molecule has 0 saturated carbocycles. The molecule has 28 heavy (non-hydrogen) atoms. The molecule has 4 N–H and O–H groups in total. The lowest BCUT2D eigenvalue weighted by molar-refractivity contribution is 0.0693. The van der Waals surface area contributed by atoms with Gasteiger partial charge in [0.1, 0.15) is 22.8 Å². The summed E-state index contributed by atoms with van der Waals surface area (Å²) in [5.41, 5.74) is 3.67. The van der Waals surface area contributed by atoms with Gasteiger partial charge in [-0.1, -0.05) is 12.1 Å². The Bertz CT molecular complexity index is 980. The minimum atomic E-state index is -1.15. The van der Waals surface area contributed by atoms with Crippen LogP contribution in [0.15, 0.2) is 54.9 Å². The fraction of sp³-hybridized carbons (Fsp3) is 0.182. The second-order valence-electron chi connectivity index (χ2n) is 6.72. The molecule has 1 heterocycles. The first-order valence-electron chi connectivity index (χ1n) is 8.90. The highest BCUT2D eigenvalue weighted by Crippen LogP contribution is 2.22. The van der Waals surface area contributed by atoms with Gasteiger partial charge in [0.25, 0.3) is 0 Å². The average Bonchev–Trinajstić information content (AvgIpc) is 2.64. The lowest BCUT2D eigenvalue weighted by Gasteiger charge is -2.07. The van der Waals surface area contributed by atoms with Crippen molar-refractivity contribution in [3.8, 4) is 17.2 Å². The van der Waals surface area contributed by atoms with E-state index < -0.39 is 5.97 Å². The highest BCUT2D eigenvalue weighted by molar-refractivity contribution is 5.90. The number of hydrogen-bond acceptors (Lipinski definition) is 5. The number of hydrogen-bond donors (Lipinski definition) is 4. The Morgan fingerprint density at radius 3 is 1.86 bits per heavy atom. The number of benzene rings is 2. The molecule has 0 atom stereocenters. The monoisotopic (exact) mass is 379 g/mol. The van der Waals surface area contributed by atoms with E-state index >= 15 is 0 Å². The van der Waals surface area contributed by atoms with E-state index in [0.717, 1.165) is 28.7 Å². The molecule has 0 radical (unpaired) electrons. The van der Waals surface area contributed by atoms with Crippen LogP contribution in [0.2, 0.25) is 0 Å². The standard InChI is InChI=1S/C22H21NO5/c24-18-8-15(9-19(25)11-18)2-4-17-7-16(12-23-13-17)3-1-14-5-6-20(22(27)28)21(26)10-14/h5-13,24-26H,1-4H2,(H,27,28). The first kappa shape index (κ1) is 19.2.